The number of amides is 1. The van der Waals surface area contributed by atoms with Crippen LogP contribution in [0, 0.1) is 0 Å². The van der Waals surface area contributed by atoms with Crippen molar-refractivity contribution in [3.63, 3.8) is 0 Å². The number of quaternary nitrogens is 1. The summed E-state index contributed by atoms with van der Waals surface area (Å²) < 4.78 is 12.0. The summed E-state index contributed by atoms with van der Waals surface area (Å²) in [6.07, 6.45) is 0. The van der Waals surface area contributed by atoms with E-state index in [0.29, 0.717) is 13.1 Å². The summed E-state index contributed by atoms with van der Waals surface area (Å²) in [4.78, 5) is 31.7. The van der Waals surface area contributed by atoms with Gasteiger partial charge in [-0.3, -0.25) is 9.36 Å². The molecule has 6 nitrogen and oxygen atoms in total. The number of hydrogen-bond acceptors (Lipinski definition) is 2. The Hall–Kier alpha value is -1.20. The monoisotopic (exact) mass is 329 g/mol. The van der Waals surface area contributed by atoms with Crippen LogP contribution in [0.25, 0.3) is 0 Å². The maximum absolute atomic E-state index is 11.8. The summed E-state index contributed by atoms with van der Waals surface area (Å²) in [5.41, 5.74) is 0.856. The summed E-state index contributed by atoms with van der Waals surface area (Å²) in [5, 5.41) is -0.00518. The molecule has 0 aliphatic heterocycles. The second-order valence-electron chi connectivity index (χ2n) is 6.13. The molecule has 0 aliphatic rings. The van der Waals surface area contributed by atoms with Gasteiger partial charge in [0.1, 0.15) is 0 Å². The summed E-state index contributed by atoms with van der Waals surface area (Å²) in [5.74, 6) is -0.00447. The number of rotatable bonds is 7. The van der Waals surface area contributed by atoms with E-state index >= 15 is 0 Å². The smallest absolute Gasteiger partial charge is 0.333 e. The summed E-state index contributed by atoms with van der Waals surface area (Å²) in [7, 11) is 0.0232. The van der Waals surface area contributed by atoms with Crippen molar-refractivity contribution in [2.75, 3.05) is 33.7 Å². The molecule has 124 valence electrons. The minimum Gasteiger partial charge on any atom is -0.333 e. The van der Waals surface area contributed by atoms with E-state index < -0.39 is 7.60 Å². The highest BCUT2D eigenvalue weighted by molar-refractivity contribution is 7.60. The van der Waals surface area contributed by atoms with Crippen LogP contribution in [0.1, 0.15) is 19.4 Å². The largest absolute Gasteiger partial charge is 0.356 e. The average molecular weight is 329 g/mol. The van der Waals surface area contributed by atoms with E-state index in [-0.39, 0.29) is 11.2 Å². The van der Waals surface area contributed by atoms with Crippen LogP contribution in [-0.4, -0.2) is 58.8 Å². The molecule has 0 fully saturated rings. The number of carbonyl (C=O) groups is 1. The Morgan fingerprint density at radius 1 is 1.23 bits per heavy atom. The Kier molecular flexibility index (Phi) is 6.32. The highest BCUT2D eigenvalue weighted by Gasteiger charge is 2.18. The van der Waals surface area contributed by atoms with Crippen molar-refractivity contribution in [1.82, 2.24) is 4.90 Å². The molecule has 22 heavy (non-hydrogen) atoms. The van der Waals surface area contributed by atoms with Gasteiger partial charge in [0.15, 0.2) is 0 Å². The molecule has 1 aromatic rings. The van der Waals surface area contributed by atoms with Gasteiger partial charge < -0.3 is 19.2 Å². The molecule has 0 saturated heterocycles. The van der Waals surface area contributed by atoms with Gasteiger partial charge in [-0.25, -0.2) is 0 Å². The Labute approximate surface area is 132 Å². The number of likely N-dealkylation sites (N-methyl/N-ethyl adjacent to an activating group) is 1. The minimum atomic E-state index is -4.21. The fourth-order valence-corrected chi connectivity index (χ4v) is 2.45. The number of benzene rings is 1. The van der Waals surface area contributed by atoms with Crippen molar-refractivity contribution in [3.8, 4) is 0 Å². The molecular weight excluding hydrogens is 303 g/mol. The number of nitrogens with zero attached hydrogens (tertiary/aromatic N) is 2. The van der Waals surface area contributed by atoms with Gasteiger partial charge >= 0.3 is 7.60 Å². The van der Waals surface area contributed by atoms with Crippen LogP contribution in [0.4, 0.5) is 0 Å². The van der Waals surface area contributed by atoms with Crippen molar-refractivity contribution < 1.29 is 23.6 Å². The van der Waals surface area contributed by atoms with E-state index in [9.17, 15) is 9.36 Å². The van der Waals surface area contributed by atoms with Gasteiger partial charge in [0.2, 0.25) is 5.91 Å². The Morgan fingerprint density at radius 3 is 2.18 bits per heavy atom. The third kappa shape index (κ3) is 5.89. The van der Waals surface area contributed by atoms with E-state index in [4.69, 9.17) is 9.79 Å². The number of carbonyl (C=O) groups excluding carboxylic acids is 1. The summed E-state index contributed by atoms with van der Waals surface area (Å²) in [6, 6.07) is 6.15. The average Bonchev–Trinajstić information content (AvgIpc) is 2.42. The van der Waals surface area contributed by atoms with E-state index in [1.54, 1.807) is 17.0 Å². The Morgan fingerprint density at radius 2 is 1.77 bits per heavy atom. The third-order valence-corrected chi connectivity index (χ3v) is 4.89. The van der Waals surface area contributed by atoms with Gasteiger partial charge in [-0.05, 0) is 24.6 Å². The zero-order chi connectivity index (χ0) is 17.0. The zero-order valence-corrected chi connectivity index (χ0v) is 14.6. The first-order valence-corrected chi connectivity index (χ1v) is 8.89. The molecular formula is C15H26N2O4P+. The lowest BCUT2D eigenvalue weighted by Gasteiger charge is -2.31. The first kappa shape index (κ1) is 18.8. The first-order chi connectivity index (χ1) is 10.0. The van der Waals surface area contributed by atoms with Gasteiger partial charge in [-0.1, -0.05) is 12.1 Å². The lowest BCUT2D eigenvalue weighted by atomic mass is 10.2. The zero-order valence-electron chi connectivity index (χ0n) is 13.7. The van der Waals surface area contributed by atoms with E-state index in [0.717, 1.165) is 23.1 Å². The van der Waals surface area contributed by atoms with Crippen LogP contribution in [0.3, 0.4) is 0 Å². The Bertz CT molecular complexity index is 551. The molecule has 0 atom stereocenters. The lowest BCUT2D eigenvalue weighted by molar-refractivity contribution is -0.887. The van der Waals surface area contributed by atoms with E-state index in [2.05, 4.69) is 21.0 Å². The molecule has 1 aromatic carbocycles. The van der Waals surface area contributed by atoms with Gasteiger partial charge in [-0.2, -0.15) is 0 Å². The van der Waals surface area contributed by atoms with Crippen LogP contribution in [0.15, 0.2) is 24.3 Å². The molecule has 2 N–H and O–H groups in total. The molecule has 0 spiro atoms. The van der Waals surface area contributed by atoms with E-state index in [1.165, 1.54) is 19.1 Å². The SMILES string of the molecule is CC[N+](C)(C)CCN(Cc1ccc(P(=O)(O)O)cc1)C(C)=O. The van der Waals surface area contributed by atoms with Gasteiger partial charge in [-0.15, -0.1) is 0 Å². The second kappa shape index (κ2) is 7.38. The van der Waals surface area contributed by atoms with Crippen LogP contribution in [0.2, 0.25) is 0 Å². The lowest BCUT2D eigenvalue weighted by Crippen LogP contribution is -2.46. The maximum Gasteiger partial charge on any atom is 0.356 e. The molecule has 1 amide bonds. The molecule has 1 rings (SSSR count). The normalized spacial score (nSPS) is 12.3. The third-order valence-electron chi connectivity index (χ3n) is 3.92. The predicted octanol–water partition coefficient (Wildman–Crippen LogP) is 0.934. The van der Waals surface area contributed by atoms with Gasteiger partial charge in [0.05, 0.1) is 39.0 Å². The molecule has 0 unspecified atom stereocenters. The molecule has 7 heteroatoms. The molecule has 0 bridgehead atoms. The fourth-order valence-electron chi connectivity index (χ4n) is 1.91. The van der Waals surface area contributed by atoms with Crippen LogP contribution >= 0.6 is 7.60 Å². The van der Waals surface area contributed by atoms with Crippen LogP contribution in [-0.2, 0) is 15.9 Å². The van der Waals surface area contributed by atoms with Crippen molar-refractivity contribution >= 4 is 18.8 Å². The molecule has 0 saturated carbocycles. The molecule has 0 heterocycles. The van der Waals surface area contributed by atoms with Gasteiger partial charge in [0, 0.05) is 13.5 Å². The Balaban J connectivity index is 2.75. The molecule has 0 aliphatic carbocycles. The standard InChI is InChI=1S/C15H25N2O4P/c1-5-17(3,4)11-10-16(13(2)18)12-14-6-8-15(9-7-14)22(19,20)21/h6-9H,5,10-12H2,1-4H3,(H-,19,20,21)/p+1. The van der Waals surface area contributed by atoms with E-state index in [1.807, 2.05) is 0 Å². The maximum atomic E-state index is 11.8. The highest BCUT2D eigenvalue weighted by Crippen LogP contribution is 2.32. The van der Waals surface area contributed by atoms with Crippen LogP contribution in [0.5, 0.6) is 0 Å². The quantitative estimate of drug-likeness (QED) is 0.576. The van der Waals surface area contributed by atoms with Crippen molar-refractivity contribution in [3.05, 3.63) is 29.8 Å². The molecule has 0 aromatic heterocycles. The topological polar surface area (TPSA) is 77.8 Å². The van der Waals surface area contributed by atoms with Gasteiger partial charge in [0.25, 0.3) is 0 Å². The first-order valence-electron chi connectivity index (χ1n) is 7.28. The predicted molar refractivity (Wildman–Crippen MR) is 86.7 cm³/mol. The van der Waals surface area contributed by atoms with Crippen molar-refractivity contribution in [2.45, 2.75) is 20.4 Å². The van der Waals surface area contributed by atoms with Crippen molar-refractivity contribution in [1.29, 1.82) is 0 Å². The highest BCUT2D eigenvalue weighted by atomic mass is 31.2. The fraction of sp³-hybridized carbons (Fsp3) is 0.533. The minimum absolute atomic E-state index is 0.00447. The molecule has 0 radical (unpaired) electrons. The summed E-state index contributed by atoms with van der Waals surface area (Å²) in [6.45, 7) is 6.59. The van der Waals surface area contributed by atoms with Crippen molar-refractivity contribution in [2.24, 2.45) is 0 Å². The second-order valence-corrected chi connectivity index (χ2v) is 7.73. The summed E-state index contributed by atoms with van der Waals surface area (Å²) >= 11 is 0. The number of hydrogen-bond donors (Lipinski definition) is 2. The van der Waals surface area contributed by atoms with Crippen LogP contribution < -0.4 is 5.30 Å².